The number of hydrogen-bond donors (Lipinski definition) is 1. The van der Waals surface area contributed by atoms with E-state index in [1.807, 2.05) is 61.1 Å². The first-order chi connectivity index (χ1) is 15.9. The van der Waals surface area contributed by atoms with Crippen LogP contribution in [0, 0.1) is 26.6 Å². The molecule has 166 valence electrons. The van der Waals surface area contributed by atoms with Crippen LogP contribution in [0.2, 0.25) is 0 Å². The summed E-state index contributed by atoms with van der Waals surface area (Å²) in [6, 6.07) is 12.9. The molecular weight excluding hydrogens is 419 g/mol. The third-order valence-electron chi connectivity index (χ3n) is 5.46. The molecule has 8 heteroatoms. The van der Waals surface area contributed by atoms with E-state index in [4.69, 9.17) is 9.72 Å². The summed E-state index contributed by atoms with van der Waals surface area (Å²) in [6.07, 6.45) is 5.61. The fraction of sp³-hybridized carbons (Fsp3) is 0.160. The van der Waals surface area contributed by atoms with Crippen LogP contribution < -0.4 is 10.1 Å². The van der Waals surface area contributed by atoms with Gasteiger partial charge in [0.15, 0.2) is 5.65 Å². The number of halogens is 1. The number of imidazole rings is 1. The molecular formula is C25H23FN6O. The minimum absolute atomic E-state index is 0.227. The molecule has 0 aliphatic heterocycles. The standard InChI is InChI=1S/C25H23FN6O/c1-15-9-20(18-5-7-21(26)16(2)10-18)24-29-25(30-32(24)12-15)28-19-6-8-22(23(11-19)33-4)31-13-17(3)27-14-31/h5-14H,1-4H3,(H,28,30). The number of aromatic nitrogens is 5. The van der Waals surface area contributed by atoms with E-state index in [1.165, 1.54) is 6.07 Å². The van der Waals surface area contributed by atoms with Gasteiger partial charge in [-0.1, -0.05) is 6.07 Å². The van der Waals surface area contributed by atoms with Gasteiger partial charge in [0, 0.05) is 29.7 Å². The molecule has 0 unspecified atom stereocenters. The van der Waals surface area contributed by atoms with Crippen molar-refractivity contribution in [2.75, 3.05) is 12.4 Å². The molecule has 3 heterocycles. The van der Waals surface area contributed by atoms with Crippen molar-refractivity contribution >= 4 is 17.3 Å². The molecule has 33 heavy (non-hydrogen) atoms. The minimum atomic E-state index is -0.227. The molecule has 5 rings (SSSR count). The van der Waals surface area contributed by atoms with E-state index in [0.29, 0.717) is 22.9 Å². The van der Waals surface area contributed by atoms with Gasteiger partial charge in [-0.05, 0) is 67.8 Å². The lowest BCUT2D eigenvalue weighted by molar-refractivity contribution is 0.413. The Labute approximate surface area is 190 Å². The fourth-order valence-corrected chi connectivity index (χ4v) is 3.85. The van der Waals surface area contributed by atoms with Crippen LogP contribution in [-0.2, 0) is 0 Å². The van der Waals surface area contributed by atoms with Gasteiger partial charge in [0.1, 0.15) is 11.6 Å². The van der Waals surface area contributed by atoms with Crippen LogP contribution >= 0.6 is 0 Å². The second-order valence-electron chi connectivity index (χ2n) is 8.03. The van der Waals surface area contributed by atoms with Gasteiger partial charge in [0.2, 0.25) is 5.95 Å². The van der Waals surface area contributed by atoms with Crippen molar-refractivity contribution in [3.05, 3.63) is 83.8 Å². The van der Waals surface area contributed by atoms with E-state index < -0.39 is 0 Å². The van der Waals surface area contributed by atoms with Crippen LogP contribution in [-0.4, -0.2) is 31.3 Å². The molecule has 0 saturated heterocycles. The molecule has 3 aromatic heterocycles. The van der Waals surface area contributed by atoms with Gasteiger partial charge in [-0.25, -0.2) is 13.9 Å². The van der Waals surface area contributed by atoms with Crippen LogP contribution in [0.15, 0.2) is 61.2 Å². The quantitative estimate of drug-likeness (QED) is 0.395. The lowest BCUT2D eigenvalue weighted by Gasteiger charge is -2.11. The van der Waals surface area contributed by atoms with Gasteiger partial charge >= 0.3 is 0 Å². The molecule has 2 aromatic carbocycles. The number of aryl methyl sites for hydroxylation is 3. The first-order valence-electron chi connectivity index (χ1n) is 10.5. The highest BCUT2D eigenvalue weighted by atomic mass is 19.1. The summed E-state index contributed by atoms with van der Waals surface area (Å²) in [5, 5.41) is 7.86. The predicted molar refractivity (Wildman–Crippen MR) is 126 cm³/mol. The maximum Gasteiger partial charge on any atom is 0.247 e. The first-order valence-corrected chi connectivity index (χ1v) is 10.5. The lowest BCUT2D eigenvalue weighted by atomic mass is 10.0. The Hall–Kier alpha value is -4.20. The maximum atomic E-state index is 13.8. The van der Waals surface area contributed by atoms with Gasteiger partial charge in [0.05, 0.1) is 24.8 Å². The molecule has 0 aliphatic rings. The molecule has 7 nitrogen and oxygen atoms in total. The zero-order valence-corrected chi connectivity index (χ0v) is 18.8. The zero-order chi connectivity index (χ0) is 23.1. The van der Waals surface area contributed by atoms with Gasteiger partial charge in [0.25, 0.3) is 0 Å². The largest absolute Gasteiger partial charge is 0.494 e. The topological polar surface area (TPSA) is 69.3 Å². The number of hydrogen-bond acceptors (Lipinski definition) is 5. The second kappa shape index (κ2) is 8.05. The number of methoxy groups -OCH3 is 1. The molecule has 0 amide bonds. The number of ether oxygens (including phenoxy) is 1. The highest BCUT2D eigenvalue weighted by molar-refractivity contribution is 5.79. The second-order valence-corrected chi connectivity index (χ2v) is 8.03. The Balaban J connectivity index is 1.52. The Kier molecular flexibility index (Phi) is 5.05. The third kappa shape index (κ3) is 3.91. The monoisotopic (exact) mass is 442 g/mol. The molecule has 5 aromatic rings. The van der Waals surface area contributed by atoms with Crippen molar-refractivity contribution in [1.29, 1.82) is 0 Å². The predicted octanol–water partition coefficient (Wildman–Crippen LogP) is 5.40. The van der Waals surface area contributed by atoms with Crippen LogP contribution in [0.3, 0.4) is 0 Å². The zero-order valence-electron chi connectivity index (χ0n) is 18.8. The summed E-state index contributed by atoms with van der Waals surface area (Å²) in [5.74, 6) is 0.919. The summed E-state index contributed by atoms with van der Waals surface area (Å²) in [7, 11) is 1.63. The number of benzene rings is 2. The molecule has 1 N–H and O–H groups in total. The van der Waals surface area contributed by atoms with E-state index in [2.05, 4.69) is 15.4 Å². The summed E-state index contributed by atoms with van der Waals surface area (Å²) in [4.78, 5) is 8.99. The Morgan fingerprint density at radius 2 is 1.85 bits per heavy atom. The molecule has 0 atom stereocenters. The molecule has 0 radical (unpaired) electrons. The number of rotatable bonds is 5. The van der Waals surface area contributed by atoms with E-state index in [9.17, 15) is 4.39 Å². The van der Waals surface area contributed by atoms with Crippen LogP contribution in [0.25, 0.3) is 22.5 Å². The average molecular weight is 442 g/mol. The van der Waals surface area contributed by atoms with E-state index in [1.54, 1.807) is 30.9 Å². The van der Waals surface area contributed by atoms with Crippen LogP contribution in [0.1, 0.15) is 16.8 Å². The van der Waals surface area contributed by atoms with Crippen molar-refractivity contribution < 1.29 is 9.13 Å². The van der Waals surface area contributed by atoms with Gasteiger partial charge in [-0.2, -0.15) is 4.98 Å². The van der Waals surface area contributed by atoms with Crippen molar-refractivity contribution in [1.82, 2.24) is 24.1 Å². The molecule has 0 bridgehead atoms. The number of anilines is 2. The maximum absolute atomic E-state index is 13.8. The van der Waals surface area contributed by atoms with E-state index >= 15 is 0 Å². The fourth-order valence-electron chi connectivity index (χ4n) is 3.85. The van der Waals surface area contributed by atoms with Crippen molar-refractivity contribution in [3.63, 3.8) is 0 Å². The van der Waals surface area contributed by atoms with Crippen molar-refractivity contribution in [3.8, 4) is 22.6 Å². The smallest absolute Gasteiger partial charge is 0.247 e. The summed E-state index contributed by atoms with van der Waals surface area (Å²) >= 11 is 0. The average Bonchev–Trinajstić information content (AvgIpc) is 3.40. The SMILES string of the molecule is COc1cc(Nc2nc3c(-c4ccc(F)c(C)c4)cc(C)cn3n2)ccc1-n1cnc(C)c1. The minimum Gasteiger partial charge on any atom is -0.494 e. The van der Waals surface area contributed by atoms with E-state index in [0.717, 1.165) is 33.8 Å². The van der Waals surface area contributed by atoms with Gasteiger partial charge in [-0.15, -0.1) is 5.10 Å². The first kappa shape index (κ1) is 20.7. The molecule has 0 saturated carbocycles. The van der Waals surface area contributed by atoms with Crippen LogP contribution in [0.4, 0.5) is 16.0 Å². The van der Waals surface area contributed by atoms with E-state index in [-0.39, 0.29) is 5.82 Å². The Morgan fingerprint density at radius 1 is 1.00 bits per heavy atom. The van der Waals surface area contributed by atoms with Crippen molar-refractivity contribution in [2.45, 2.75) is 20.8 Å². The molecule has 0 aliphatic carbocycles. The summed E-state index contributed by atoms with van der Waals surface area (Å²) < 4.78 is 23.0. The summed E-state index contributed by atoms with van der Waals surface area (Å²) in [6.45, 7) is 5.69. The lowest BCUT2D eigenvalue weighted by Crippen LogP contribution is -1.98. The normalized spacial score (nSPS) is 11.2. The van der Waals surface area contributed by atoms with Crippen molar-refractivity contribution in [2.24, 2.45) is 0 Å². The highest BCUT2D eigenvalue weighted by Crippen LogP contribution is 2.30. The van der Waals surface area contributed by atoms with Gasteiger partial charge in [-0.3, -0.25) is 0 Å². The number of nitrogens with one attached hydrogen (secondary N) is 1. The molecule has 0 fully saturated rings. The van der Waals surface area contributed by atoms with Gasteiger partial charge < -0.3 is 14.6 Å². The number of pyridine rings is 1. The number of nitrogens with zero attached hydrogens (tertiary/aromatic N) is 5. The summed E-state index contributed by atoms with van der Waals surface area (Å²) in [5.41, 5.74) is 6.69. The Bertz CT molecular complexity index is 1490. The Morgan fingerprint density at radius 3 is 2.58 bits per heavy atom. The molecule has 0 spiro atoms. The third-order valence-corrected chi connectivity index (χ3v) is 5.46. The van der Waals surface area contributed by atoms with Crippen LogP contribution in [0.5, 0.6) is 5.75 Å². The highest BCUT2D eigenvalue weighted by Gasteiger charge is 2.14. The number of fused-ring (bicyclic) bond motifs is 1.